The highest BCUT2D eigenvalue weighted by Gasteiger charge is 2.30. The molecule has 0 amide bonds. The molecule has 1 aliphatic rings. The standard InChI is InChI=1S/C11H17N3O2S/c1-8-6-14(7-9(8)12)11-10(17(2,15)16)4-3-5-13-11/h3-5,8-9H,6-7,12H2,1-2H3. The molecule has 2 heterocycles. The maximum atomic E-state index is 11.7. The summed E-state index contributed by atoms with van der Waals surface area (Å²) >= 11 is 0. The zero-order chi connectivity index (χ0) is 12.6. The van der Waals surface area contributed by atoms with Crippen molar-refractivity contribution in [2.45, 2.75) is 17.9 Å². The summed E-state index contributed by atoms with van der Waals surface area (Å²) in [6.45, 7) is 3.47. The second-order valence-corrected chi connectivity index (χ2v) is 6.63. The van der Waals surface area contributed by atoms with Crippen LogP contribution in [0.15, 0.2) is 23.2 Å². The fraction of sp³-hybridized carbons (Fsp3) is 0.545. The number of nitrogens with zero attached hydrogens (tertiary/aromatic N) is 2. The highest BCUT2D eigenvalue weighted by molar-refractivity contribution is 7.90. The number of pyridine rings is 1. The Labute approximate surface area is 102 Å². The summed E-state index contributed by atoms with van der Waals surface area (Å²) in [5, 5.41) is 0. The highest BCUT2D eigenvalue weighted by Crippen LogP contribution is 2.27. The van der Waals surface area contributed by atoms with E-state index in [9.17, 15) is 8.42 Å². The molecule has 0 aromatic carbocycles. The predicted molar refractivity (Wildman–Crippen MR) is 66.7 cm³/mol. The first-order valence-electron chi connectivity index (χ1n) is 5.55. The number of hydrogen-bond acceptors (Lipinski definition) is 5. The molecule has 2 unspecified atom stereocenters. The summed E-state index contributed by atoms with van der Waals surface area (Å²) in [7, 11) is -3.25. The van der Waals surface area contributed by atoms with Crippen LogP contribution in [0, 0.1) is 5.92 Å². The molecule has 1 aromatic rings. The Kier molecular flexibility index (Phi) is 3.09. The summed E-state index contributed by atoms with van der Waals surface area (Å²) < 4.78 is 23.4. The van der Waals surface area contributed by atoms with Crippen LogP contribution in [0.3, 0.4) is 0 Å². The van der Waals surface area contributed by atoms with Crippen molar-refractivity contribution in [3.63, 3.8) is 0 Å². The van der Waals surface area contributed by atoms with Gasteiger partial charge in [0.05, 0.1) is 0 Å². The molecule has 1 aliphatic heterocycles. The van der Waals surface area contributed by atoms with Gasteiger partial charge in [0.25, 0.3) is 0 Å². The molecule has 2 atom stereocenters. The van der Waals surface area contributed by atoms with E-state index < -0.39 is 9.84 Å². The fourth-order valence-electron chi connectivity index (χ4n) is 2.07. The lowest BCUT2D eigenvalue weighted by atomic mass is 10.1. The van der Waals surface area contributed by atoms with Crippen molar-refractivity contribution in [2.75, 3.05) is 24.2 Å². The van der Waals surface area contributed by atoms with Crippen molar-refractivity contribution in [1.82, 2.24) is 4.98 Å². The van der Waals surface area contributed by atoms with Gasteiger partial charge in [-0.05, 0) is 18.1 Å². The van der Waals surface area contributed by atoms with Gasteiger partial charge in [0, 0.05) is 31.6 Å². The van der Waals surface area contributed by atoms with Crippen LogP contribution in [0.2, 0.25) is 0 Å². The number of nitrogens with two attached hydrogens (primary N) is 1. The lowest BCUT2D eigenvalue weighted by Crippen LogP contribution is -2.29. The van der Waals surface area contributed by atoms with Crippen molar-refractivity contribution in [2.24, 2.45) is 11.7 Å². The quantitative estimate of drug-likeness (QED) is 0.821. The van der Waals surface area contributed by atoms with Crippen LogP contribution >= 0.6 is 0 Å². The Morgan fingerprint density at radius 3 is 2.71 bits per heavy atom. The first-order valence-corrected chi connectivity index (χ1v) is 7.44. The number of sulfone groups is 1. The molecule has 0 radical (unpaired) electrons. The molecule has 0 aliphatic carbocycles. The van der Waals surface area contributed by atoms with Gasteiger partial charge in [0.1, 0.15) is 10.7 Å². The van der Waals surface area contributed by atoms with E-state index in [1.165, 1.54) is 6.26 Å². The van der Waals surface area contributed by atoms with Crippen LogP contribution < -0.4 is 10.6 Å². The molecule has 94 valence electrons. The number of anilines is 1. The topological polar surface area (TPSA) is 76.3 Å². The van der Waals surface area contributed by atoms with Gasteiger partial charge in [-0.25, -0.2) is 13.4 Å². The summed E-state index contributed by atoms with van der Waals surface area (Å²) in [6.07, 6.45) is 2.81. The van der Waals surface area contributed by atoms with Crippen molar-refractivity contribution < 1.29 is 8.42 Å². The second kappa shape index (κ2) is 4.27. The summed E-state index contributed by atoms with van der Waals surface area (Å²) in [5.74, 6) is 0.874. The third kappa shape index (κ3) is 2.42. The average molecular weight is 255 g/mol. The molecule has 6 heteroatoms. The number of rotatable bonds is 2. The third-order valence-corrected chi connectivity index (χ3v) is 4.24. The van der Waals surface area contributed by atoms with Gasteiger partial charge < -0.3 is 10.6 Å². The predicted octanol–water partition coefficient (Wildman–Crippen LogP) is 0.268. The maximum absolute atomic E-state index is 11.7. The molecule has 5 nitrogen and oxygen atoms in total. The van der Waals surface area contributed by atoms with Gasteiger partial charge in [0.15, 0.2) is 9.84 Å². The zero-order valence-electron chi connectivity index (χ0n) is 10.00. The van der Waals surface area contributed by atoms with Gasteiger partial charge in [-0.3, -0.25) is 0 Å². The largest absolute Gasteiger partial charge is 0.354 e. The van der Waals surface area contributed by atoms with Crippen molar-refractivity contribution in [1.29, 1.82) is 0 Å². The molecule has 1 fully saturated rings. The molecule has 0 spiro atoms. The maximum Gasteiger partial charge on any atom is 0.179 e. The lowest BCUT2D eigenvalue weighted by molar-refractivity contribution is 0.565. The van der Waals surface area contributed by atoms with Crippen LogP contribution in [0.1, 0.15) is 6.92 Å². The molecule has 17 heavy (non-hydrogen) atoms. The minimum Gasteiger partial charge on any atom is -0.354 e. The summed E-state index contributed by atoms with van der Waals surface area (Å²) in [6, 6.07) is 3.30. The number of hydrogen-bond donors (Lipinski definition) is 1. The van der Waals surface area contributed by atoms with Crippen molar-refractivity contribution in [3.05, 3.63) is 18.3 Å². The molecule has 0 saturated carbocycles. The summed E-state index contributed by atoms with van der Waals surface area (Å²) in [4.78, 5) is 6.42. The second-order valence-electron chi connectivity index (χ2n) is 4.64. The van der Waals surface area contributed by atoms with E-state index in [0.29, 0.717) is 18.3 Å². The van der Waals surface area contributed by atoms with Gasteiger partial charge in [-0.15, -0.1) is 0 Å². The molecule has 0 bridgehead atoms. The van der Waals surface area contributed by atoms with Crippen LogP contribution in [0.25, 0.3) is 0 Å². The Hall–Kier alpha value is -1.14. The molecular weight excluding hydrogens is 238 g/mol. The van der Waals surface area contributed by atoms with E-state index in [1.54, 1.807) is 18.3 Å². The average Bonchev–Trinajstić information content (AvgIpc) is 2.58. The Morgan fingerprint density at radius 1 is 1.47 bits per heavy atom. The van der Waals surface area contributed by atoms with E-state index >= 15 is 0 Å². The van der Waals surface area contributed by atoms with Crippen molar-refractivity contribution in [3.8, 4) is 0 Å². The Bertz CT molecular complexity index is 505. The van der Waals surface area contributed by atoms with Gasteiger partial charge in [-0.1, -0.05) is 6.92 Å². The van der Waals surface area contributed by atoms with Gasteiger partial charge >= 0.3 is 0 Å². The van der Waals surface area contributed by atoms with Crippen LogP contribution in [-0.4, -0.2) is 38.8 Å². The van der Waals surface area contributed by atoms with Gasteiger partial charge in [-0.2, -0.15) is 0 Å². The minimum absolute atomic E-state index is 0.0735. The van der Waals surface area contributed by atoms with Crippen LogP contribution in [-0.2, 0) is 9.84 Å². The Balaban J connectivity index is 2.40. The fourth-order valence-corrected chi connectivity index (χ4v) is 2.91. The first kappa shape index (κ1) is 12.3. The highest BCUT2D eigenvalue weighted by atomic mass is 32.2. The van der Waals surface area contributed by atoms with Crippen LogP contribution in [0.4, 0.5) is 5.82 Å². The molecule has 1 saturated heterocycles. The van der Waals surface area contributed by atoms with E-state index in [1.807, 2.05) is 4.90 Å². The van der Waals surface area contributed by atoms with E-state index in [0.717, 1.165) is 6.54 Å². The smallest absolute Gasteiger partial charge is 0.179 e. The van der Waals surface area contributed by atoms with Crippen LogP contribution in [0.5, 0.6) is 0 Å². The summed E-state index contributed by atoms with van der Waals surface area (Å²) in [5.41, 5.74) is 5.95. The first-order chi connectivity index (χ1) is 7.89. The van der Waals surface area contributed by atoms with E-state index in [2.05, 4.69) is 11.9 Å². The molecule has 2 N–H and O–H groups in total. The molecular formula is C11H17N3O2S. The lowest BCUT2D eigenvalue weighted by Gasteiger charge is -2.19. The van der Waals surface area contributed by atoms with Gasteiger partial charge in [0.2, 0.25) is 0 Å². The SMILES string of the molecule is CC1CN(c2ncccc2S(C)(=O)=O)CC1N. The van der Waals surface area contributed by atoms with E-state index in [-0.39, 0.29) is 10.9 Å². The molecule has 2 rings (SSSR count). The Morgan fingerprint density at radius 2 is 2.18 bits per heavy atom. The zero-order valence-corrected chi connectivity index (χ0v) is 10.8. The van der Waals surface area contributed by atoms with E-state index in [4.69, 9.17) is 5.73 Å². The number of aromatic nitrogens is 1. The minimum atomic E-state index is -3.25. The monoisotopic (exact) mass is 255 g/mol. The molecule has 1 aromatic heterocycles. The third-order valence-electron chi connectivity index (χ3n) is 3.12. The normalized spacial score (nSPS) is 25.2. The van der Waals surface area contributed by atoms with Crippen molar-refractivity contribution >= 4 is 15.7 Å².